The number of amides is 1. The molecule has 21 heavy (non-hydrogen) atoms. The van der Waals surface area contributed by atoms with Gasteiger partial charge in [-0.2, -0.15) is 0 Å². The van der Waals surface area contributed by atoms with Crippen LogP contribution in [0, 0.1) is 0 Å². The van der Waals surface area contributed by atoms with E-state index in [0.717, 1.165) is 0 Å². The van der Waals surface area contributed by atoms with Gasteiger partial charge in [-0.3, -0.25) is 13.8 Å². The van der Waals surface area contributed by atoms with Crippen LogP contribution in [0.4, 0.5) is 5.69 Å². The maximum Gasteiger partial charge on any atom is 0.237 e. The number of hydrogen-bond acceptors (Lipinski definition) is 3. The van der Waals surface area contributed by atoms with Gasteiger partial charge in [0.25, 0.3) is 0 Å². The molecule has 1 atom stereocenters. The highest BCUT2D eigenvalue weighted by Gasteiger charge is 2.13. The lowest BCUT2D eigenvalue weighted by molar-refractivity contribution is -0.113. The van der Waals surface area contributed by atoms with Crippen LogP contribution in [0.1, 0.15) is 10.4 Å². The summed E-state index contributed by atoms with van der Waals surface area (Å²) >= 11 is 0. The Morgan fingerprint density at radius 1 is 0.857 bits per heavy atom. The van der Waals surface area contributed by atoms with Crippen LogP contribution < -0.4 is 5.32 Å². The van der Waals surface area contributed by atoms with E-state index in [4.69, 9.17) is 0 Å². The molecule has 0 heterocycles. The van der Waals surface area contributed by atoms with Crippen molar-refractivity contribution in [3.05, 3.63) is 66.2 Å². The van der Waals surface area contributed by atoms with E-state index in [1.165, 1.54) is 0 Å². The lowest BCUT2D eigenvalue weighted by Crippen LogP contribution is -2.23. The molecule has 108 valence electrons. The predicted octanol–water partition coefficient (Wildman–Crippen LogP) is 2.26. The third-order valence-corrected chi connectivity index (χ3v) is 3.91. The van der Waals surface area contributed by atoms with Crippen molar-refractivity contribution in [3.8, 4) is 0 Å². The molecule has 0 fully saturated rings. The number of ketones is 1. The van der Waals surface area contributed by atoms with Crippen molar-refractivity contribution in [2.75, 3.05) is 16.8 Å². The van der Waals surface area contributed by atoms with Crippen molar-refractivity contribution in [3.63, 3.8) is 0 Å². The summed E-state index contributed by atoms with van der Waals surface area (Å²) < 4.78 is 11.9. The van der Waals surface area contributed by atoms with E-state index in [0.29, 0.717) is 11.3 Å². The summed E-state index contributed by atoms with van der Waals surface area (Å²) in [5.41, 5.74) is 1.16. The summed E-state index contributed by atoms with van der Waals surface area (Å²) in [6.45, 7) is 0. The molecule has 0 unspecified atom stereocenters. The van der Waals surface area contributed by atoms with Gasteiger partial charge < -0.3 is 5.32 Å². The number of benzene rings is 2. The number of anilines is 1. The van der Waals surface area contributed by atoms with Gasteiger partial charge >= 0.3 is 0 Å². The van der Waals surface area contributed by atoms with Gasteiger partial charge in [-0.1, -0.05) is 48.5 Å². The van der Waals surface area contributed by atoms with Gasteiger partial charge in [0.2, 0.25) is 5.91 Å². The van der Waals surface area contributed by atoms with Crippen molar-refractivity contribution in [1.82, 2.24) is 0 Å². The molecule has 2 rings (SSSR count). The zero-order valence-electron chi connectivity index (χ0n) is 11.3. The highest BCUT2D eigenvalue weighted by molar-refractivity contribution is 7.86. The number of nitrogens with one attached hydrogen (secondary N) is 1. The smallest absolute Gasteiger partial charge is 0.237 e. The van der Waals surface area contributed by atoms with Gasteiger partial charge in [0, 0.05) is 22.1 Å². The van der Waals surface area contributed by atoms with E-state index < -0.39 is 10.8 Å². The summed E-state index contributed by atoms with van der Waals surface area (Å²) in [7, 11) is -1.52. The molecule has 0 aliphatic rings. The second-order valence-corrected chi connectivity index (χ2v) is 5.89. The molecule has 0 saturated carbocycles. The van der Waals surface area contributed by atoms with Crippen LogP contribution in [0.15, 0.2) is 60.7 Å². The molecule has 5 heteroatoms. The first-order valence-electron chi connectivity index (χ1n) is 6.43. The molecule has 0 aromatic heterocycles. The monoisotopic (exact) mass is 301 g/mol. The molecule has 2 aromatic carbocycles. The number of para-hydroxylation sites is 1. The van der Waals surface area contributed by atoms with Crippen LogP contribution >= 0.6 is 0 Å². The van der Waals surface area contributed by atoms with E-state index in [1.54, 1.807) is 54.6 Å². The average Bonchev–Trinajstić information content (AvgIpc) is 2.48. The maximum absolute atomic E-state index is 11.9. The Morgan fingerprint density at radius 2 is 1.43 bits per heavy atom. The Kier molecular flexibility index (Phi) is 5.40. The van der Waals surface area contributed by atoms with E-state index in [1.807, 2.05) is 6.07 Å². The fourth-order valence-corrected chi connectivity index (χ4v) is 2.70. The van der Waals surface area contributed by atoms with Crippen LogP contribution in [-0.2, 0) is 15.6 Å². The maximum atomic E-state index is 11.9. The van der Waals surface area contributed by atoms with Crippen molar-refractivity contribution in [2.45, 2.75) is 0 Å². The molecule has 4 nitrogen and oxygen atoms in total. The first-order chi connectivity index (χ1) is 10.1. The summed E-state index contributed by atoms with van der Waals surface area (Å²) in [5, 5.41) is 2.64. The molecule has 1 amide bonds. The van der Waals surface area contributed by atoms with Gasteiger partial charge in [0.15, 0.2) is 5.78 Å². The van der Waals surface area contributed by atoms with Crippen molar-refractivity contribution >= 4 is 28.2 Å². The number of hydrogen-bond donors (Lipinski definition) is 1. The Hall–Kier alpha value is -2.27. The minimum Gasteiger partial charge on any atom is -0.325 e. The van der Waals surface area contributed by atoms with Crippen LogP contribution in [0.25, 0.3) is 0 Å². The average molecular weight is 301 g/mol. The molecule has 0 spiro atoms. The Morgan fingerprint density at radius 3 is 2.05 bits per heavy atom. The minimum absolute atomic E-state index is 0.147. The number of carbonyl (C=O) groups excluding carboxylic acids is 2. The highest BCUT2D eigenvalue weighted by Crippen LogP contribution is 2.05. The van der Waals surface area contributed by atoms with Gasteiger partial charge in [0.1, 0.15) is 5.75 Å². The van der Waals surface area contributed by atoms with Gasteiger partial charge in [0.05, 0.1) is 5.75 Å². The summed E-state index contributed by atoms with van der Waals surface area (Å²) in [6.07, 6.45) is 0. The molecule has 2 aromatic rings. The lowest BCUT2D eigenvalue weighted by Gasteiger charge is -2.05. The van der Waals surface area contributed by atoms with Crippen LogP contribution in [0.2, 0.25) is 0 Å². The Bertz CT molecular complexity index is 641. The van der Waals surface area contributed by atoms with Crippen LogP contribution in [-0.4, -0.2) is 27.4 Å². The summed E-state index contributed by atoms with van der Waals surface area (Å²) in [4.78, 5) is 23.6. The molecule has 0 saturated heterocycles. The second kappa shape index (κ2) is 7.50. The predicted molar refractivity (Wildman–Crippen MR) is 83.7 cm³/mol. The standard InChI is InChI=1S/C16H15NO3S/c18-15(13-7-3-1-4-8-13)11-21(20)12-16(19)17-14-9-5-2-6-10-14/h1-10H,11-12H2,(H,17,19)/t21-/m0/s1. The minimum atomic E-state index is -1.52. The molecular weight excluding hydrogens is 286 g/mol. The van der Waals surface area contributed by atoms with Gasteiger partial charge in [-0.25, -0.2) is 0 Å². The third-order valence-electron chi connectivity index (χ3n) is 2.74. The van der Waals surface area contributed by atoms with E-state index in [2.05, 4.69) is 5.32 Å². The molecular formula is C16H15NO3S. The first kappa shape index (κ1) is 15.1. The van der Waals surface area contributed by atoms with E-state index in [-0.39, 0.29) is 23.2 Å². The fraction of sp³-hybridized carbons (Fsp3) is 0.125. The van der Waals surface area contributed by atoms with Crippen LogP contribution in [0.3, 0.4) is 0 Å². The SMILES string of the molecule is O=C(C[S@@](=O)CC(=O)c1ccccc1)Nc1ccccc1. The Balaban J connectivity index is 1.84. The molecule has 0 bridgehead atoms. The van der Waals surface area contributed by atoms with Crippen LogP contribution in [0.5, 0.6) is 0 Å². The first-order valence-corrected chi connectivity index (χ1v) is 7.92. The number of Topliss-reactive ketones (excluding diaryl/α,β-unsaturated/α-hetero) is 1. The molecule has 1 N–H and O–H groups in total. The van der Waals surface area contributed by atoms with Crippen molar-refractivity contribution in [1.29, 1.82) is 0 Å². The van der Waals surface area contributed by atoms with Crippen molar-refractivity contribution in [2.24, 2.45) is 0 Å². The quantitative estimate of drug-likeness (QED) is 0.832. The molecule has 0 radical (unpaired) electrons. The highest BCUT2D eigenvalue weighted by atomic mass is 32.2. The van der Waals surface area contributed by atoms with Gasteiger partial charge in [-0.15, -0.1) is 0 Å². The molecule has 0 aliphatic heterocycles. The normalized spacial score (nSPS) is 11.6. The molecule has 0 aliphatic carbocycles. The second-order valence-electron chi connectivity index (χ2n) is 4.43. The fourth-order valence-electron chi connectivity index (χ4n) is 1.77. The summed E-state index contributed by atoms with van der Waals surface area (Å²) in [5.74, 6) is -0.915. The zero-order valence-corrected chi connectivity index (χ0v) is 12.1. The van der Waals surface area contributed by atoms with Gasteiger partial charge in [-0.05, 0) is 12.1 Å². The largest absolute Gasteiger partial charge is 0.325 e. The number of carbonyl (C=O) groups is 2. The topological polar surface area (TPSA) is 63.2 Å². The zero-order chi connectivity index (χ0) is 15.1. The third kappa shape index (κ3) is 4.96. The summed E-state index contributed by atoms with van der Waals surface area (Å²) in [6, 6.07) is 17.6. The number of rotatable bonds is 6. The van der Waals surface area contributed by atoms with E-state index >= 15 is 0 Å². The Labute approximate surface area is 125 Å². The van der Waals surface area contributed by atoms with E-state index in [9.17, 15) is 13.8 Å². The van der Waals surface area contributed by atoms with Crippen molar-refractivity contribution < 1.29 is 13.8 Å². The lowest BCUT2D eigenvalue weighted by atomic mass is 10.2.